The zero-order valence-electron chi connectivity index (χ0n) is 15.5. The Kier molecular flexibility index (Phi) is 6.23. The Bertz CT molecular complexity index is 656. The van der Waals surface area contributed by atoms with Gasteiger partial charge in [0.05, 0.1) is 0 Å². The number of hydrogen-bond donors (Lipinski definition) is 0. The molecule has 0 N–H and O–H groups in total. The summed E-state index contributed by atoms with van der Waals surface area (Å²) in [5.74, 6) is 0.408. The molecule has 2 aliphatic carbocycles. The molecule has 2 aliphatic rings. The van der Waals surface area contributed by atoms with Crippen LogP contribution >= 0.6 is 0 Å². The van der Waals surface area contributed by atoms with Crippen LogP contribution in [0.25, 0.3) is 0 Å². The van der Waals surface area contributed by atoms with E-state index in [0.29, 0.717) is 16.7 Å². The van der Waals surface area contributed by atoms with Gasteiger partial charge in [0.1, 0.15) is 0 Å². The lowest BCUT2D eigenvalue weighted by Gasteiger charge is -2.26. The van der Waals surface area contributed by atoms with E-state index in [9.17, 15) is 9.59 Å². The maximum absolute atomic E-state index is 13.1. The first-order valence-corrected chi connectivity index (χ1v) is 10.1. The zero-order valence-corrected chi connectivity index (χ0v) is 15.5. The minimum atomic E-state index is 0.0521. The van der Waals surface area contributed by atoms with Crippen LogP contribution in [0.15, 0.2) is 35.4 Å². The second-order valence-corrected chi connectivity index (χ2v) is 7.70. The van der Waals surface area contributed by atoms with Gasteiger partial charge in [-0.2, -0.15) is 0 Å². The predicted molar refractivity (Wildman–Crippen MR) is 102 cm³/mol. The number of carbonyl (C=O) groups is 2. The summed E-state index contributed by atoms with van der Waals surface area (Å²) < 4.78 is 0. The Morgan fingerprint density at radius 1 is 0.680 bits per heavy atom. The van der Waals surface area contributed by atoms with Crippen LogP contribution in [0.1, 0.15) is 98.3 Å². The minimum Gasteiger partial charge on any atom is -0.289 e. The molecule has 0 aliphatic heterocycles. The first kappa shape index (κ1) is 18.1. The van der Waals surface area contributed by atoms with Gasteiger partial charge in [0, 0.05) is 22.3 Å². The average molecular weight is 338 g/mol. The fraction of sp³-hybridized carbons (Fsp3) is 0.565. The van der Waals surface area contributed by atoms with Crippen LogP contribution in [0.3, 0.4) is 0 Å². The van der Waals surface area contributed by atoms with Crippen molar-refractivity contribution in [1.82, 2.24) is 0 Å². The van der Waals surface area contributed by atoms with Gasteiger partial charge in [-0.25, -0.2) is 0 Å². The molecule has 0 atom stereocenters. The Morgan fingerprint density at radius 3 is 1.64 bits per heavy atom. The van der Waals surface area contributed by atoms with E-state index in [1.54, 1.807) is 6.07 Å². The van der Waals surface area contributed by atoms with Crippen LogP contribution in [0.5, 0.6) is 0 Å². The van der Waals surface area contributed by atoms with Crippen molar-refractivity contribution in [1.29, 1.82) is 0 Å². The molecule has 0 unspecified atom stereocenters. The number of carbonyl (C=O) groups excluding carboxylic acids is 2. The molecule has 0 radical (unpaired) electrons. The van der Waals surface area contributed by atoms with E-state index in [0.717, 1.165) is 18.4 Å². The fourth-order valence-corrected chi connectivity index (χ4v) is 4.46. The van der Waals surface area contributed by atoms with Crippen LogP contribution in [0.4, 0.5) is 0 Å². The molecule has 2 nitrogen and oxygen atoms in total. The number of ketones is 2. The van der Waals surface area contributed by atoms with Gasteiger partial charge >= 0.3 is 0 Å². The van der Waals surface area contributed by atoms with Crippen LogP contribution < -0.4 is 0 Å². The molecule has 1 saturated carbocycles. The molecule has 0 spiro atoms. The van der Waals surface area contributed by atoms with Crippen LogP contribution in [-0.4, -0.2) is 11.6 Å². The van der Waals surface area contributed by atoms with Gasteiger partial charge in [0.2, 0.25) is 0 Å². The summed E-state index contributed by atoms with van der Waals surface area (Å²) in [5, 5.41) is 0. The topological polar surface area (TPSA) is 34.1 Å². The number of hydrogen-bond acceptors (Lipinski definition) is 2. The lowest BCUT2D eigenvalue weighted by Crippen LogP contribution is -2.25. The van der Waals surface area contributed by atoms with Crippen LogP contribution in [-0.2, 0) is 0 Å². The van der Waals surface area contributed by atoms with Gasteiger partial charge in [-0.3, -0.25) is 9.59 Å². The van der Waals surface area contributed by atoms with E-state index in [-0.39, 0.29) is 17.5 Å². The molecule has 25 heavy (non-hydrogen) atoms. The summed E-state index contributed by atoms with van der Waals surface area (Å²) >= 11 is 0. The molecule has 3 rings (SSSR count). The van der Waals surface area contributed by atoms with Crippen LogP contribution in [0, 0.1) is 5.92 Å². The number of benzene rings is 1. The molecular weight excluding hydrogens is 308 g/mol. The number of allylic oxidation sites excluding steroid dienone is 2. The van der Waals surface area contributed by atoms with E-state index >= 15 is 0 Å². The standard InChI is InChI=1S/C23H30O2/c1-17-21(23(25)20-16-12-11-15-19(20)22(17)24)18-13-9-7-5-3-2-4-6-8-10-14-18/h11-12,15-16,18H,2-10,13-14H2,1H3. The van der Waals surface area contributed by atoms with Gasteiger partial charge in [-0.05, 0) is 25.7 Å². The monoisotopic (exact) mass is 338 g/mol. The third kappa shape index (κ3) is 4.11. The highest BCUT2D eigenvalue weighted by Crippen LogP contribution is 2.35. The smallest absolute Gasteiger partial charge is 0.190 e. The molecule has 1 aromatic carbocycles. The first-order valence-electron chi connectivity index (χ1n) is 10.1. The van der Waals surface area contributed by atoms with Crippen molar-refractivity contribution < 1.29 is 9.59 Å². The molecule has 0 saturated heterocycles. The van der Waals surface area contributed by atoms with Gasteiger partial charge in [-0.1, -0.05) is 82.1 Å². The van der Waals surface area contributed by atoms with E-state index in [4.69, 9.17) is 0 Å². The first-order chi connectivity index (χ1) is 12.2. The molecule has 0 amide bonds. The van der Waals surface area contributed by atoms with Crippen molar-refractivity contribution in [2.24, 2.45) is 5.92 Å². The second-order valence-electron chi connectivity index (χ2n) is 7.70. The largest absolute Gasteiger partial charge is 0.289 e. The molecule has 0 aromatic heterocycles. The van der Waals surface area contributed by atoms with Gasteiger partial charge in [0.25, 0.3) is 0 Å². The molecule has 0 heterocycles. The maximum Gasteiger partial charge on any atom is 0.190 e. The van der Waals surface area contributed by atoms with Gasteiger partial charge in [-0.15, -0.1) is 0 Å². The van der Waals surface area contributed by atoms with Crippen molar-refractivity contribution in [3.63, 3.8) is 0 Å². The van der Waals surface area contributed by atoms with Crippen molar-refractivity contribution in [2.75, 3.05) is 0 Å². The average Bonchev–Trinajstić information content (AvgIpc) is 2.62. The van der Waals surface area contributed by atoms with Gasteiger partial charge < -0.3 is 0 Å². The Balaban J connectivity index is 1.84. The third-order valence-electron chi connectivity index (χ3n) is 5.92. The molecule has 0 bridgehead atoms. The second kappa shape index (κ2) is 8.60. The van der Waals surface area contributed by atoms with E-state index in [1.165, 1.54) is 57.8 Å². The summed E-state index contributed by atoms with van der Waals surface area (Å²) in [5.41, 5.74) is 2.71. The molecule has 1 fully saturated rings. The number of rotatable bonds is 1. The highest BCUT2D eigenvalue weighted by Gasteiger charge is 2.33. The summed E-state index contributed by atoms with van der Waals surface area (Å²) in [7, 11) is 0. The van der Waals surface area contributed by atoms with Crippen LogP contribution in [0.2, 0.25) is 0 Å². The highest BCUT2D eigenvalue weighted by molar-refractivity contribution is 6.26. The maximum atomic E-state index is 13.1. The van der Waals surface area contributed by atoms with E-state index < -0.39 is 0 Å². The third-order valence-corrected chi connectivity index (χ3v) is 5.92. The van der Waals surface area contributed by atoms with Gasteiger partial charge in [0.15, 0.2) is 11.6 Å². The quantitative estimate of drug-likeness (QED) is 0.602. The molecular formula is C23H30O2. The lowest BCUT2D eigenvalue weighted by molar-refractivity contribution is 0.0962. The normalized spacial score (nSPS) is 21.5. The summed E-state index contributed by atoms with van der Waals surface area (Å²) in [4.78, 5) is 25.9. The Morgan fingerprint density at radius 2 is 1.12 bits per heavy atom. The molecule has 134 valence electrons. The summed E-state index contributed by atoms with van der Waals surface area (Å²) in [6.07, 6.45) is 13.6. The number of Topliss-reactive ketones (excluding diaryl/α,β-unsaturated/α-hetero) is 2. The van der Waals surface area contributed by atoms with Crippen molar-refractivity contribution in [3.8, 4) is 0 Å². The van der Waals surface area contributed by atoms with Crippen molar-refractivity contribution in [3.05, 3.63) is 46.5 Å². The van der Waals surface area contributed by atoms with Crippen molar-refractivity contribution >= 4 is 11.6 Å². The number of fused-ring (bicyclic) bond motifs is 1. The zero-order chi connectivity index (χ0) is 17.6. The van der Waals surface area contributed by atoms with E-state index in [1.807, 2.05) is 25.1 Å². The lowest BCUT2D eigenvalue weighted by atomic mass is 9.76. The highest BCUT2D eigenvalue weighted by atomic mass is 16.1. The minimum absolute atomic E-state index is 0.0521. The SMILES string of the molecule is CC1=C(C2CCCCCCCCCCC2)C(=O)c2ccccc2C1=O. The molecule has 2 heteroatoms. The predicted octanol–water partition coefficient (Wildman–Crippen LogP) is 6.30. The Labute approximate surface area is 151 Å². The molecule has 1 aromatic rings. The van der Waals surface area contributed by atoms with Crippen molar-refractivity contribution in [2.45, 2.75) is 77.6 Å². The fourth-order valence-electron chi connectivity index (χ4n) is 4.46. The summed E-state index contributed by atoms with van der Waals surface area (Å²) in [6.45, 7) is 1.86. The summed E-state index contributed by atoms with van der Waals surface area (Å²) in [6, 6.07) is 7.32. The van der Waals surface area contributed by atoms with E-state index in [2.05, 4.69) is 0 Å². The Hall–Kier alpha value is -1.70.